The minimum Gasteiger partial charge on any atom is -0.339 e. The van der Waals surface area contributed by atoms with Crippen LogP contribution < -0.4 is 4.48 Å². The Balaban J connectivity index is 1.53. The molecule has 0 saturated heterocycles. The maximum Gasteiger partial charge on any atom is 0.261 e. The lowest BCUT2D eigenvalue weighted by atomic mass is 10.0. The van der Waals surface area contributed by atoms with Crippen molar-refractivity contribution in [2.24, 2.45) is 4.99 Å². The molecule has 6 nitrogen and oxygen atoms in total. The molecule has 0 fully saturated rings. The second-order valence-corrected chi connectivity index (χ2v) is 10.7. The number of hydrogen-bond acceptors (Lipinski definition) is 4. The van der Waals surface area contributed by atoms with Gasteiger partial charge < -0.3 is 4.98 Å². The van der Waals surface area contributed by atoms with Crippen LogP contribution in [0.1, 0.15) is 0 Å². The van der Waals surface area contributed by atoms with Gasteiger partial charge in [0.1, 0.15) is 17.7 Å². The van der Waals surface area contributed by atoms with Crippen molar-refractivity contribution in [2.75, 3.05) is 6.26 Å². The van der Waals surface area contributed by atoms with Crippen LogP contribution in [-0.2, 0) is 9.84 Å². The van der Waals surface area contributed by atoms with Crippen LogP contribution in [0.25, 0.3) is 22.5 Å². The molecule has 34 heavy (non-hydrogen) atoms. The van der Waals surface area contributed by atoms with Gasteiger partial charge in [-0.05, 0) is 47.5 Å². The molecule has 4 aromatic rings. The Kier molecular flexibility index (Phi) is 5.65. The first-order valence-electron chi connectivity index (χ1n) is 10.3. The lowest BCUT2D eigenvalue weighted by Crippen LogP contribution is -2.35. The molecule has 0 bridgehead atoms. The molecule has 0 radical (unpaired) electrons. The lowest BCUT2D eigenvalue weighted by Gasteiger charge is -2.24. The van der Waals surface area contributed by atoms with E-state index < -0.39 is 9.84 Å². The van der Waals surface area contributed by atoms with Crippen LogP contribution in [0.2, 0.25) is 10.0 Å². The molecule has 0 amide bonds. The molecule has 1 aromatic heterocycles. The zero-order valence-corrected chi connectivity index (χ0v) is 20.3. The van der Waals surface area contributed by atoms with E-state index >= 15 is 0 Å². The molecule has 5 rings (SSSR count). The number of sulfone groups is 1. The Morgan fingerprint density at radius 3 is 2.26 bits per heavy atom. The third-order valence-corrected chi connectivity index (χ3v) is 7.41. The van der Waals surface area contributed by atoms with E-state index in [2.05, 4.69) is 9.98 Å². The number of H-pyrrole nitrogens is 1. The van der Waals surface area contributed by atoms with Gasteiger partial charge in [-0.1, -0.05) is 41.4 Å². The molecule has 170 valence electrons. The standard InChI is InChI=1S/C25H19Cl2N4O2S/c1-34(32,33)20-5-2-4-18(14-20)17-8-10-19(11-9-17)31(13-12-28-16-31)23-15-29-25(30-23)24-21(26)6-3-7-22(24)27/h2-16H,1H3,(H,29,30)/q+1. The van der Waals surface area contributed by atoms with E-state index in [0.29, 0.717) is 27.3 Å². The van der Waals surface area contributed by atoms with Gasteiger partial charge in [-0.3, -0.25) is 0 Å². The molecule has 1 atom stereocenters. The summed E-state index contributed by atoms with van der Waals surface area (Å²) in [6.45, 7) is 0. The van der Waals surface area contributed by atoms with Crippen molar-refractivity contribution in [1.29, 1.82) is 0 Å². The number of aromatic nitrogens is 2. The first-order valence-corrected chi connectivity index (χ1v) is 12.9. The summed E-state index contributed by atoms with van der Waals surface area (Å²) in [7, 11) is -3.29. The van der Waals surface area contributed by atoms with Crippen molar-refractivity contribution in [3.63, 3.8) is 0 Å². The first-order chi connectivity index (χ1) is 16.3. The summed E-state index contributed by atoms with van der Waals surface area (Å²) < 4.78 is 24.0. The Hall–Kier alpha value is -3.23. The van der Waals surface area contributed by atoms with Crippen molar-refractivity contribution in [3.8, 4) is 22.5 Å². The molecule has 1 unspecified atom stereocenters. The Bertz CT molecular complexity index is 1530. The second kappa shape index (κ2) is 8.52. The van der Waals surface area contributed by atoms with Crippen molar-refractivity contribution < 1.29 is 8.42 Å². The topological polar surface area (TPSA) is 75.2 Å². The molecule has 1 aliphatic rings. The minimum atomic E-state index is -3.29. The number of aliphatic imine (C=N–C) groups is 1. The second-order valence-electron chi connectivity index (χ2n) is 7.89. The van der Waals surface area contributed by atoms with Crippen LogP contribution in [0, 0.1) is 0 Å². The maximum absolute atomic E-state index is 11.9. The monoisotopic (exact) mass is 509 g/mol. The van der Waals surface area contributed by atoms with Gasteiger partial charge in [-0.15, -0.1) is 0 Å². The third kappa shape index (κ3) is 3.97. The van der Waals surface area contributed by atoms with E-state index in [4.69, 9.17) is 28.2 Å². The van der Waals surface area contributed by atoms with E-state index in [1.54, 1.807) is 55.1 Å². The number of halogens is 2. The summed E-state index contributed by atoms with van der Waals surface area (Å²) >= 11 is 12.7. The molecule has 1 N–H and O–H groups in total. The van der Waals surface area contributed by atoms with Crippen molar-refractivity contribution >= 4 is 50.9 Å². The normalized spacial score (nSPS) is 17.4. The highest BCUT2D eigenvalue weighted by molar-refractivity contribution is 7.90. The van der Waals surface area contributed by atoms with Crippen molar-refractivity contribution in [2.45, 2.75) is 4.90 Å². The number of benzene rings is 3. The fourth-order valence-electron chi connectivity index (χ4n) is 3.91. The largest absolute Gasteiger partial charge is 0.339 e. The smallest absolute Gasteiger partial charge is 0.261 e. The Morgan fingerprint density at radius 1 is 0.912 bits per heavy atom. The van der Waals surface area contributed by atoms with E-state index in [-0.39, 0.29) is 9.38 Å². The summed E-state index contributed by atoms with van der Waals surface area (Å²) in [5.74, 6) is 1.25. The van der Waals surface area contributed by atoms with Crippen LogP contribution in [0.15, 0.2) is 95.2 Å². The molecule has 3 aromatic carbocycles. The lowest BCUT2D eigenvalue weighted by molar-refractivity contribution is 0.602. The molecule has 0 saturated carbocycles. The van der Waals surface area contributed by atoms with Crippen LogP contribution in [0.3, 0.4) is 0 Å². The van der Waals surface area contributed by atoms with Gasteiger partial charge in [0, 0.05) is 18.4 Å². The number of quaternary nitrogens is 1. The van der Waals surface area contributed by atoms with Gasteiger partial charge in [0.2, 0.25) is 6.34 Å². The molecule has 1 aliphatic heterocycles. The summed E-state index contributed by atoms with van der Waals surface area (Å²) in [6, 6.07) is 20.1. The van der Waals surface area contributed by atoms with E-state index in [9.17, 15) is 8.42 Å². The predicted octanol–water partition coefficient (Wildman–Crippen LogP) is 6.61. The number of nitrogens with zero attached hydrogens (tertiary/aromatic N) is 3. The van der Waals surface area contributed by atoms with Crippen molar-refractivity contribution in [1.82, 2.24) is 14.5 Å². The average molecular weight is 510 g/mol. The van der Waals surface area contributed by atoms with Crippen molar-refractivity contribution in [3.05, 3.63) is 95.4 Å². The van der Waals surface area contributed by atoms with Crippen LogP contribution in [-0.4, -0.2) is 31.0 Å². The number of imidazole rings is 1. The number of rotatable bonds is 5. The fourth-order valence-corrected chi connectivity index (χ4v) is 5.15. The molecule has 0 spiro atoms. The van der Waals surface area contributed by atoms with Gasteiger partial charge >= 0.3 is 0 Å². The Labute approximate surface area is 207 Å². The molecule has 2 heterocycles. The molecular weight excluding hydrogens is 491 g/mol. The van der Waals surface area contributed by atoms with E-state index in [1.165, 1.54) is 6.26 Å². The SMILES string of the molecule is CS(=O)(=O)c1cccc(-c2ccc([N+]3(c4c[nH]c(-c5c(Cl)cccc5Cl)n4)C=CN=C3)cc2)c1. The zero-order chi connectivity index (χ0) is 23.9. The fraction of sp³-hybridized carbons (Fsp3) is 0.0400. The molecule has 9 heteroatoms. The van der Waals surface area contributed by atoms with Gasteiger partial charge in [-0.2, -0.15) is 9.47 Å². The van der Waals surface area contributed by atoms with E-state index in [0.717, 1.165) is 16.8 Å². The Morgan fingerprint density at radius 2 is 1.62 bits per heavy atom. The maximum atomic E-state index is 11.9. The summed E-state index contributed by atoms with van der Waals surface area (Å²) in [4.78, 5) is 12.6. The number of hydrogen-bond donors (Lipinski definition) is 1. The van der Waals surface area contributed by atoms with Gasteiger partial charge in [0.25, 0.3) is 5.82 Å². The average Bonchev–Trinajstić information content (AvgIpc) is 3.50. The predicted molar refractivity (Wildman–Crippen MR) is 138 cm³/mol. The first kappa shape index (κ1) is 22.6. The number of aromatic amines is 1. The third-order valence-electron chi connectivity index (χ3n) is 5.67. The number of nitrogens with one attached hydrogen (secondary N) is 1. The summed E-state index contributed by atoms with van der Waals surface area (Å²) in [5, 5.41) is 1.01. The highest BCUT2D eigenvalue weighted by atomic mass is 35.5. The summed E-state index contributed by atoms with van der Waals surface area (Å²) in [6.07, 6.45) is 8.44. The van der Waals surface area contributed by atoms with Gasteiger partial charge in [0.05, 0.1) is 32.9 Å². The highest BCUT2D eigenvalue weighted by Gasteiger charge is 2.35. The van der Waals surface area contributed by atoms with Crippen LogP contribution >= 0.6 is 23.2 Å². The summed E-state index contributed by atoms with van der Waals surface area (Å²) in [5.41, 5.74) is 3.26. The quantitative estimate of drug-likeness (QED) is 0.307. The van der Waals surface area contributed by atoms with E-state index in [1.807, 2.05) is 36.5 Å². The molecule has 0 aliphatic carbocycles. The highest BCUT2D eigenvalue weighted by Crippen LogP contribution is 2.39. The van der Waals surface area contributed by atoms with Crippen LogP contribution in [0.5, 0.6) is 0 Å². The van der Waals surface area contributed by atoms with Crippen LogP contribution in [0.4, 0.5) is 11.5 Å². The zero-order valence-electron chi connectivity index (χ0n) is 18.0. The van der Waals surface area contributed by atoms with Gasteiger partial charge in [-0.25, -0.2) is 13.4 Å². The molecular formula is C25H19Cl2N4O2S+. The van der Waals surface area contributed by atoms with Gasteiger partial charge in [0.15, 0.2) is 9.84 Å². The minimum absolute atomic E-state index is 0.169.